The monoisotopic (exact) mass is 595 g/mol. The van der Waals surface area contributed by atoms with Gasteiger partial charge in [-0.15, -0.1) is 0 Å². The number of carbonyl (C=O) groups is 2. The van der Waals surface area contributed by atoms with Crippen molar-refractivity contribution in [2.24, 2.45) is 0 Å². The van der Waals surface area contributed by atoms with E-state index in [9.17, 15) is 18.0 Å². The van der Waals surface area contributed by atoms with Crippen molar-refractivity contribution in [2.75, 3.05) is 24.6 Å². The second kappa shape index (κ2) is 14.2. The van der Waals surface area contributed by atoms with Crippen molar-refractivity contribution < 1.29 is 27.5 Å². The number of nitrogens with zero attached hydrogens (tertiary/aromatic N) is 2. The Hall–Kier alpha value is -4.05. The highest BCUT2D eigenvalue weighted by molar-refractivity contribution is 7.92. The lowest BCUT2D eigenvalue weighted by atomic mass is 10.1. The maximum Gasteiger partial charge on any atom is 0.264 e. The van der Waals surface area contributed by atoms with Crippen molar-refractivity contribution in [3.05, 3.63) is 84.4 Å². The standard InChI is InChI=1S/C32H41N3O6S/c1-7-29(31(37)33-32(3,4)5)34(22-24-14-16-26(40-6)17-15-24)30(36)23-35(25-12-10-9-11-13-25)42(38,39)28-20-18-27(19-21-28)41-8-2/h9-21,29H,7-8,22-23H2,1-6H3,(H,33,37)/t29-/m1/s1. The zero-order chi connectivity index (χ0) is 30.9. The topological polar surface area (TPSA) is 105 Å². The number of hydrogen-bond donors (Lipinski definition) is 1. The highest BCUT2D eigenvalue weighted by atomic mass is 32.2. The fraction of sp³-hybridized carbons (Fsp3) is 0.375. The molecule has 42 heavy (non-hydrogen) atoms. The number of hydrogen-bond acceptors (Lipinski definition) is 6. The Balaban J connectivity index is 2.03. The summed E-state index contributed by atoms with van der Waals surface area (Å²) in [6.07, 6.45) is 0.334. The van der Waals surface area contributed by atoms with E-state index >= 15 is 0 Å². The highest BCUT2D eigenvalue weighted by Gasteiger charge is 2.34. The summed E-state index contributed by atoms with van der Waals surface area (Å²) in [5, 5.41) is 2.97. The normalized spacial score (nSPS) is 12.2. The van der Waals surface area contributed by atoms with E-state index in [-0.39, 0.29) is 17.3 Å². The van der Waals surface area contributed by atoms with Gasteiger partial charge in [0.15, 0.2) is 0 Å². The number of para-hydroxylation sites is 1. The molecule has 0 aliphatic rings. The molecule has 3 aromatic carbocycles. The number of benzene rings is 3. The first-order chi connectivity index (χ1) is 19.9. The van der Waals surface area contributed by atoms with Gasteiger partial charge in [-0.2, -0.15) is 0 Å². The molecule has 0 heterocycles. The molecule has 3 rings (SSSR count). The third-order valence-corrected chi connectivity index (χ3v) is 8.23. The Labute approximate surface area is 249 Å². The van der Waals surface area contributed by atoms with Gasteiger partial charge >= 0.3 is 0 Å². The molecular weight excluding hydrogens is 554 g/mol. The van der Waals surface area contributed by atoms with Gasteiger partial charge < -0.3 is 19.7 Å². The van der Waals surface area contributed by atoms with Gasteiger partial charge in [0, 0.05) is 12.1 Å². The van der Waals surface area contributed by atoms with E-state index in [1.807, 2.05) is 46.8 Å². The fourth-order valence-electron chi connectivity index (χ4n) is 4.42. The van der Waals surface area contributed by atoms with Crippen LogP contribution < -0.4 is 19.1 Å². The van der Waals surface area contributed by atoms with Gasteiger partial charge in [0.1, 0.15) is 24.1 Å². The molecule has 1 atom stereocenters. The van der Waals surface area contributed by atoms with Gasteiger partial charge in [-0.1, -0.05) is 37.3 Å². The number of rotatable bonds is 13. The van der Waals surface area contributed by atoms with Crippen LogP contribution in [-0.2, 0) is 26.2 Å². The molecule has 0 radical (unpaired) electrons. The van der Waals surface area contributed by atoms with E-state index in [0.29, 0.717) is 30.2 Å². The van der Waals surface area contributed by atoms with Crippen LogP contribution >= 0.6 is 0 Å². The molecule has 0 aromatic heterocycles. The van der Waals surface area contributed by atoms with Gasteiger partial charge in [0.2, 0.25) is 11.8 Å². The molecule has 0 aliphatic heterocycles. The van der Waals surface area contributed by atoms with E-state index in [0.717, 1.165) is 9.87 Å². The van der Waals surface area contributed by atoms with Crippen LogP contribution in [0.25, 0.3) is 0 Å². The lowest BCUT2D eigenvalue weighted by Gasteiger charge is -2.34. The van der Waals surface area contributed by atoms with Crippen LogP contribution in [-0.4, -0.2) is 57.0 Å². The Kier molecular flexibility index (Phi) is 11.0. The zero-order valence-corrected chi connectivity index (χ0v) is 26.0. The van der Waals surface area contributed by atoms with E-state index in [1.165, 1.54) is 17.0 Å². The van der Waals surface area contributed by atoms with Gasteiger partial charge in [0.25, 0.3) is 10.0 Å². The number of anilines is 1. The largest absolute Gasteiger partial charge is 0.497 e. The van der Waals surface area contributed by atoms with Crippen LogP contribution in [0.5, 0.6) is 11.5 Å². The third kappa shape index (κ3) is 8.48. The molecule has 9 nitrogen and oxygen atoms in total. The van der Waals surface area contributed by atoms with Crippen molar-refractivity contribution in [1.29, 1.82) is 0 Å². The number of amides is 2. The summed E-state index contributed by atoms with van der Waals surface area (Å²) in [6, 6.07) is 20.9. The first-order valence-electron chi connectivity index (χ1n) is 13.9. The summed E-state index contributed by atoms with van der Waals surface area (Å²) in [5.74, 6) is 0.374. The lowest BCUT2D eigenvalue weighted by molar-refractivity contribution is -0.141. The Morgan fingerprint density at radius 1 is 0.881 bits per heavy atom. The predicted molar refractivity (Wildman–Crippen MR) is 164 cm³/mol. The number of sulfonamides is 1. The molecule has 3 aromatic rings. The minimum absolute atomic E-state index is 0.0156. The number of methoxy groups -OCH3 is 1. The average Bonchev–Trinajstić information content (AvgIpc) is 2.96. The SMILES string of the molecule is CCOc1ccc(S(=O)(=O)N(CC(=O)N(Cc2ccc(OC)cc2)[C@H](CC)C(=O)NC(C)(C)C)c2ccccc2)cc1. The summed E-state index contributed by atoms with van der Waals surface area (Å²) in [5.41, 5.74) is 0.579. The lowest BCUT2D eigenvalue weighted by Crippen LogP contribution is -2.55. The number of carbonyl (C=O) groups excluding carboxylic acids is 2. The van der Waals surface area contributed by atoms with Crippen LogP contribution in [0.3, 0.4) is 0 Å². The summed E-state index contributed by atoms with van der Waals surface area (Å²) in [6.45, 7) is 9.32. The van der Waals surface area contributed by atoms with E-state index < -0.39 is 34.1 Å². The van der Waals surface area contributed by atoms with Crippen molar-refractivity contribution in [3.63, 3.8) is 0 Å². The van der Waals surface area contributed by atoms with E-state index in [2.05, 4.69) is 5.32 Å². The molecule has 0 saturated carbocycles. The fourth-order valence-corrected chi connectivity index (χ4v) is 5.84. The number of nitrogens with one attached hydrogen (secondary N) is 1. The Bertz CT molecular complexity index is 1420. The van der Waals surface area contributed by atoms with Crippen LogP contribution in [0, 0.1) is 0 Å². The molecule has 1 N–H and O–H groups in total. The van der Waals surface area contributed by atoms with Gasteiger partial charge in [-0.3, -0.25) is 13.9 Å². The quantitative estimate of drug-likeness (QED) is 0.298. The smallest absolute Gasteiger partial charge is 0.264 e. The van der Waals surface area contributed by atoms with E-state index in [1.54, 1.807) is 61.7 Å². The maximum atomic E-state index is 14.1. The molecule has 226 valence electrons. The Morgan fingerprint density at radius 2 is 1.48 bits per heavy atom. The zero-order valence-electron chi connectivity index (χ0n) is 25.2. The molecule has 2 amide bonds. The third-order valence-electron chi connectivity index (χ3n) is 6.44. The minimum Gasteiger partial charge on any atom is -0.497 e. The predicted octanol–water partition coefficient (Wildman–Crippen LogP) is 5.01. The molecular formula is C32H41N3O6S. The van der Waals surface area contributed by atoms with Crippen molar-refractivity contribution >= 4 is 27.5 Å². The summed E-state index contributed by atoms with van der Waals surface area (Å²) in [7, 11) is -2.60. The number of ether oxygens (including phenoxy) is 2. The van der Waals surface area contributed by atoms with Crippen LogP contribution in [0.15, 0.2) is 83.8 Å². The van der Waals surface area contributed by atoms with Crippen LogP contribution in [0.4, 0.5) is 5.69 Å². The maximum absolute atomic E-state index is 14.1. The van der Waals surface area contributed by atoms with Crippen LogP contribution in [0.2, 0.25) is 0 Å². The van der Waals surface area contributed by atoms with E-state index in [4.69, 9.17) is 9.47 Å². The first-order valence-corrected chi connectivity index (χ1v) is 15.4. The molecule has 0 bridgehead atoms. The second-order valence-corrected chi connectivity index (χ2v) is 12.6. The minimum atomic E-state index is -4.16. The highest BCUT2D eigenvalue weighted by Crippen LogP contribution is 2.26. The molecule has 0 fully saturated rings. The average molecular weight is 596 g/mol. The molecule has 0 aliphatic carbocycles. The summed E-state index contributed by atoms with van der Waals surface area (Å²) < 4.78 is 39.8. The van der Waals surface area contributed by atoms with Crippen molar-refractivity contribution in [1.82, 2.24) is 10.2 Å². The van der Waals surface area contributed by atoms with Gasteiger partial charge in [-0.05, 0) is 88.2 Å². The molecule has 0 spiro atoms. The summed E-state index contributed by atoms with van der Waals surface area (Å²) >= 11 is 0. The Morgan fingerprint density at radius 3 is 2.00 bits per heavy atom. The van der Waals surface area contributed by atoms with Gasteiger partial charge in [0.05, 0.1) is 24.3 Å². The van der Waals surface area contributed by atoms with Crippen LogP contribution in [0.1, 0.15) is 46.6 Å². The van der Waals surface area contributed by atoms with Crippen molar-refractivity contribution in [3.8, 4) is 11.5 Å². The molecule has 0 unspecified atom stereocenters. The summed E-state index contributed by atoms with van der Waals surface area (Å²) in [4.78, 5) is 29.0. The molecule has 0 saturated heterocycles. The first kappa shape index (κ1) is 32.5. The van der Waals surface area contributed by atoms with Crippen molar-refractivity contribution in [2.45, 2.75) is 64.1 Å². The van der Waals surface area contributed by atoms with Gasteiger partial charge in [-0.25, -0.2) is 8.42 Å². The second-order valence-electron chi connectivity index (χ2n) is 10.8. The molecule has 10 heteroatoms.